The molecule has 1 aromatic carbocycles. The Morgan fingerprint density at radius 2 is 2.09 bits per heavy atom. The summed E-state index contributed by atoms with van der Waals surface area (Å²) in [5.74, 6) is -1.56. The Labute approximate surface area is 142 Å². The number of nitrogens with zero attached hydrogens (tertiary/aromatic N) is 2. The van der Waals surface area contributed by atoms with Crippen LogP contribution in [0.4, 0.5) is 8.78 Å². The highest BCUT2D eigenvalue weighted by Crippen LogP contribution is 2.35. The molecule has 2 unspecified atom stereocenters. The first-order chi connectivity index (χ1) is 11.0. The van der Waals surface area contributed by atoms with E-state index in [1.807, 2.05) is 0 Å². The normalized spacial score (nSPS) is 20.9. The van der Waals surface area contributed by atoms with Gasteiger partial charge >= 0.3 is 0 Å². The lowest BCUT2D eigenvalue weighted by Crippen LogP contribution is -2.13. The van der Waals surface area contributed by atoms with Gasteiger partial charge in [-0.3, -0.25) is 0 Å². The van der Waals surface area contributed by atoms with Gasteiger partial charge in [-0.1, -0.05) is 41.9 Å². The molecule has 7 heteroatoms. The van der Waals surface area contributed by atoms with E-state index >= 15 is 0 Å². The maximum atomic E-state index is 13.7. The van der Waals surface area contributed by atoms with Gasteiger partial charge in [0.25, 0.3) is 0 Å². The Morgan fingerprint density at radius 1 is 1.26 bits per heavy atom. The summed E-state index contributed by atoms with van der Waals surface area (Å²) in [6.07, 6.45) is 2.14. The van der Waals surface area contributed by atoms with Crippen LogP contribution in [-0.4, -0.2) is 21.2 Å². The monoisotopic (exact) mass is 356 g/mol. The van der Waals surface area contributed by atoms with E-state index in [-0.39, 0.29) is 22.4 Å². The fraction of sp³-hybridized carbons (Fsp3) is 0.375. The minimum Gasteiger partial charge on any atom is -0.392 e. The number of rotatable bonds is 4. The lowest BCUT2D eigenvalue weighted by Gasteiger charge is -2.14. The van der Waals surface area contributed by atoms with Crippen LogP contribution < -0.4 is 0 Å². The van der Waals surface area contributed by atoms with Crippen molar-refractivity contribution in [3.63, 3.8) is 0 Å². The first-order valence-electron chi connectivity index (χ1n) is 7.33. The average molecular weight is 357 g/mol. The van der Waals surface area contributed by atoms with Crippen molar-refractivity contribution in [2.75, 3.05) is 0 Å². The van der Waals surface area contributed by atoms with E-state index in [2.05, 4.69) is 9.97 Å². The van der Waals surface area contributed by atoms with E-state index in [0.717, 1.165) is 25.3 Å². The van der Waals surface area contributed by atoms with Gasteiger partial charge in [0.2, 0.25) is 0 Å². The molecule has 0 spiro atoms. The summed E-state index contributed by atoms with van der Waals surface area (Å²) < 4.78 is 26.9. The summed E-state index contributed by atoms with van der Waals surface area (Å²) in [7, 11) is 0. The second-order valence-corrected chi connectivity index (χ2v) is 6.83. The molecule has 2 atom stereocenters. The summed E-state index contributed by atoms with van der Waals surface area (Å²) in [5, 5.41) is 10.7. The van der Waals surface area contributed by atoms with Crippen molar-refractivity contribution in [3.8, 4) is 0 Å². The molecule has 1 saturated carbocycles. The summed E-state index contributed by atoms with van der Waals surface area (Å²) >= 11 is 7.22. The lowest BCUT2D eigenvalue weighted by molar-refractivity contribution is 0.162. The SMILES string of the molecule is OC1CCCC1c1cc(Cl)nc(SCc2cccc(F)c2F)n1. The van der Waals surface area contributed by atoms with Gasteiger partial charge in [0, 0.05) is 17.2 Å². The maximum Gasteiger partial charge on any atom is 0.189 e. The predicted octanol–water partition coefficient (Wildman–Crippen LogP) is 4.33. The molecule has 1 aliphatic carbocycles. The molecule has 1 aromatic heterocycles. The molecule has 3 nitrogen and oxygen atoms in total. The van der Waals surface area contributed by atoms with Gasteiger partial charge in [-0.2, -0.15) is 0 Å². The van der Waals surface area contributed by atoms with Gasteiger partial charge < -0.3 is 5.11 Å². The number of thioether (sulfide) groups is 1. The molecule has 1 N–H and O–H groups in total. The zero-order valence-corrected chi connectivity index (χ0v) is 13.7. The van der Waals surface area contributed by atoms with Crippen LogP contribution in [0.25, 0.3) is 0 Å². The van der Waals surface area contributed by atoms with Gasteiger partial charge in [0.05, 0.1) is 11.8 Å². The number of hydrogen-bond donors (Lipinski definition) is 1. The third-order valence-electron chi connectivity index (χ3n) is 3.94. The second-order valence-electron chi connectivity index (χ2n) is 5.50. The van der Waals surface area contributed by atoms with E-state index in [4.69, 9.17) is 11.6 Å². The van der Waals surface area contributed by atoms with Crippen molar-refractivity contribution in [1.29, 1.82) is 0 Å². The van der Waals surface area contributed by atoms with Crippen LogP contribution in [0.3, 0.4) is 0 Å². The van der Waals surface area contributed by atoms with Gasteiger partial charge in [-0.05, 0) is 25.0 Å². The molecule has 0 bridgehead atoms. The van der Waals surface area contributed by atoms with E-state index < -0.39 is 17.7 Å². The number of aliphatic hydroxyl groups excluding tert-OH is 1. The maximum absolute atomic E-state index is 13.7. The first kappa shape index (κ1) is 16.6. The smallest absolute Gasteiger partial charge is 0.189 e. The van der Waals surface area contributed by atoms with Crippen LogP contribution in [0, 0.1) is 11.6 Å². The minimum atomic E-state index is -0.870. The summed E-state index contributed by atoms with van der Waals surface area (Å²) in [5.41, 5.74) is 0.957. The molecule has 3 rings (SSSR count). The molecule has 1 heterocycles. The van der Waals surface area contributed by atoms with Crippen molar-refractivity contribution in [2.24, 2.45) is 0 Å². The van der Waals surface area contributed by atoms with E-state index in [1.165, 1.54) is 23.9 Å². The summed E-state index contributed by atoms with van der Waals surface area (Å²) in [4.78, 5) is 8.54. The van der Waals surface area contributed by atoms with Crippen LogP contribution in [-0.2, 0) is 5.75 Å². The molecule has 1 fully saturated rings. The molecule has 0 aliphatic heterocycles. The van der Waals surface area contributed by atoms with Crippen LogP contribution in [0.5, 0.6) is 0 Å². The molecule has 2 aromatic rings. The quantitative estimate of drug-likeness (QED) is 0.503. The van der Waals surface area contributed by atoms with Gasteiger partial charge in [-0.25, -0.2) is 18.7 Å². The zero-order valence-electron chi connectivity index (χ0n) is 12.2. The van der Waals surface area contributed by atoms with Gasteiger partial charge in [-0.15, -0.1) is 0 Å². The van der Waals surface area contributed by atoms with Crippen LogP contribution in [0.2, 0.25) is 5.15 Å². The van der Waals surface area contributed by atoms with E-state index in [1.54, 1.807) is 6.07 Å². The minimum absolute atomic E-state index is 0.0410. The largest absolute Gasteiger partial charge is 0.392 e. The highest BCUT2D eigenvalue weighted by atomic mass is 35.5. The average Bonchev–Trinajstić information content (AvgIpc) is 2.94. The van der Waals surface area contributed by atoms with Crippen LogP contribution in [0.1, 0.15) is 36.4 Å². The Balaban J connectivity index is 1.78. The molecular weight excluding hydrogens is 342 g/mol. The standard InChI is InChI=1S/C16H15ClF2N2OS/c17-14-7-12(10-4-2-6-13(10)22)20-16(21-14)23-8-9-3-1-5-11(18)15(9)19/h1,3,5,7,10,13,22H,2,4,6,8H2. The number of benzene rings is 1. The molecule has 0 saturated heterocycles. The third kappa shape index (κ3) is 3.82. The molecule has 0 radical (unpaired) electrons. The number of halogens is 3. The lowest BCUT2D eigenvalue weighted by atomic mass is 10.0. The van der Waals surface area contributed by atoms with E-state index in [0.29, 0.717) is 10.9 Å². The molecule has 23 heavy (non-hydrogen) atoms. The van der Waals surface area contributed by atoms with Crippen molar-refractivity contribution in [3.05, 3.63) is 52.3 Å². The Hall–Kier alpha value is -1.24. The van der Waals surface area contributed by atoms with Crippen LogP contribution in [0.15, 0.2) is 29.4 Å². The Morgan fingerprint density at radius 3 is 2.83 bits per heavy atom. The summed E-state index contributed by atoms with van der Waals surface area (Å²) in [6, 6.07) is 5.73. The fourth-order valence-electron chi connectivity index (χ4n) is 2.76. The van der Waals surface area contributed by atoms with Gasteiger partial charge in [0.1, 0.15) is 5.15 Å². The fourth-order valence-corrected chi connectivity index (χ4v) is 3.84. The van der Waals surface area contributed by atoms with Crippen molar-refractivity contribution >= 4 is 23.4 Å². The van der Waals surface area contributed by atoms with Crippen LogP contribution >= 0.6 is 23.4 Å². The topological polar surface area (TPSA) is 46.0 Å². The van der Waals surface area contributed by atoms with Crippen molar-refractivity contribution in [1.82, 2.24) is 9.97 Å². The zero-order chi connectivity index (χ0) is 16.4. The van der Waals surface area contributed by atoms with Crippen molar-refractivity contribution in [2.45, 2.75) is 42.2 Å². The molecule has 1 aliphatic rings. The first-order valence-corrected chi connectivity index (χ1v) is 8.69. The number of hydrogen-bond acceptors (Lipinski definition) is 4. The molecular formula is C16H15ClF2N2OS. The molecule has 0 amide bonds. The number of aliphatic hydroxyl groups is 1. The number of aromatic nitrogens is 2. The van der Waals surface area contributed by atoms with Crippen molar-refractivity contribution < 1.29 is 13.9 Å². The second kappa shape index (κ2) is 7.11. The molecule has 122 valence electrons. The third-order valence-corrected chi connectivity index (χ3v) is 5.03. The van der Waals surface area contributed by atoms with E-state index in [9.17, 15) is 13.9 Å². The highest BCUT2D eigenvalue weighted by molar-refractivity contribution is 7.98. The highest BCUT2D eigenvalue weighted by Gasteiger charge is 2.28. The van der Waals surface area contributed by atoms with Gasteiger partial charge in [0.15, 0.2) is 16.8 Å². The Kier molecular flexibility index (Phi) is 5.14. The Bertz CT molecular complexity index is 716. The predicted molar refractivity (Wildman–Crippen MR) is 85.6 cm³/mol. The summed E-state index contributed by atoms with van der Waals surface area (Å²) in [6.45, 7) is 0.